The number of hydrogen-bond acceptors (Lipinski definition) is 2. The topological polar surface area (TPSA) is 26.3 Å². The van der Waals surface area contributed by atoms with Gasteiger partial charge in [-0.15, -0.1) is 0 Å². The van der Waals surface area contributed by atoms with Crippen LogP contribution in [0.5, 0.6) is 0 Å². The van der Waals surface area contributed by atoms with Gasteiger partial charge in [-0.2, -0.15) is 0 Å². The first-order valence-electron chi connectivity index (χ1n) is 3.36. The molecule has 0 saturated heterocycles. The van der Waals surface area contributed by atoms with Gasteiger partial charge in [0.05, 0.1) is 0 Å². The Morgan fingerprint density at radius 2 is 2.08 bits per heavy atom. The molecule has 70 valence electrons. The molecule has 0 amide bonds. The van der Waals surface area contributed by atoms with Crippen LogP contribution in [0, 0.1) is 0 Å². The summed E-state index contributed by atoms with van der Waals surface area (Å²) in [6.45, 7) is 0.0539. The molecule has 0 unspecified atom stereocenters. The molecule has 0 spiro atoms. The number of carbonyl (C=O) groups excluding carboxylic acids is 1. The Balaban J connectivity index is 2.72. The van der Waals surface area contributed by atoms with Crippen molar-refractivity contribution in [1.82, 2.24) is 0 Å². The molecule has 0 aliphatic rings. The summed E-state index contributed by atoms with van der Waals surface area (Å²) in [5, 5.41) is 0.983. The minimum Gasteiger partial charge on any atom is -0.449 e. The van der Waals surface area contributed by atoms with E-state index in [-0.39, 0.29) is 6.61 Å². The third-order valence-corrected chi connectivity index (χ3v) is 2.05. The van der Waals surface area contributed by atoms with Crippen LogP contribution >= 0.6 is 34.8 Å². The molecule has 0 bridgehead atoms. The highest BCUT2D eigenvalue weighted by atomic mass is 35.5. The number of halogens is 3. The molecule has 0 N–H and O–H groups in total. The van der Waals surface area contributed by atoms with Crippen LogP contribution < -0.4 is 0 Å². The van der Waals surface area contributed by atoms with E-state index in [4.69, 9.17) is 34.8 Å². The molecule has 1 rings (SSSR count). The fourth-order valence-electron chi connectivity index (χ4n) is 0.773. The minimum absolute atomic E-state index is 0.0539. The van der Waals surface area contributed by atoms with Crippen LogP contribution in [-0.2, 0) is 11.3 Å². The van der Waals surface area contributed by atoms with E-state index >= 15 is 0 Å². The predicted octanol–water partition coefficient (Wildman–Crippen LogP) is 3.87. The van der Waals surface area contributed by atoms with Crippen molar-refractivity contribution in [3.63, 3.8) is 0 Å². The molecular weight excluding hydrogens is 234 g/mol. The van der Waals surface area contributed by atoms with Gasteiger partial charge in [-0.1, -0.05) is 29.3 Å². The zero-order chi connectivity index (χ0) is 9.84. The maximum absolute atomic E-state index is 10.3. The van der Waals surface area contributed by atoms with Crippen LogP contribution in [0.1, 0.15) is 5.56 Å². The predicted molar refractivity (Wildman–Crippen MR) is 52.5 cm³/mol. The summed E-state index contributed by atoms with van der Waals surface area (Å²) in [6.07, 6.45) is 0. The zero-order valence-electron chi connectivity index (χ0n) is 6.39. The fraction of sp³-hybridized carbons (Fsp3) is 0.125. The van der Waals surface area contributed by atoms with Crippen molar-refractivity contribution in [2.45, 2.75) is 6.61 Å². The van der Waals surface area contributed by atoms with Crippen LogP contribution in [0.15, 0.2) is 18.2 Å². The van der Waals surface area contributed by atoms with Gasteiger partial charge in [-0.3, -0.25) is 0 Å². The van der Waals surface area contributed by atoms with E-state index in [0.717, 1.165) is 0 Å². The van der Waals surface area contributed by atoms with Crippen molar-refractivity contribution in [3.8, 4) is 0 Å². The summed E-state index contributed by atoms with van der Waals surface area (Å²) < 4.78 is 4.55. The molecule has 1 aromatic rings. The highest BCUT2D eigenvalue weighted by Gasteiger charge is 2.03. The lowest BCUT2D eigenvalue weighted by atomic mass is 10.2. The molecule has 0 aromatic heterocycles. The van der Waals surface area contributed by atoms with Crippen LogP contribution in [0.4, 0.5) is 4.79 Å². The summed E-state index contributed by atoms with van der Waals surface area (Å²) in [6, 6.07) is 4.90. The number of benzene rings is 1. The highest BCUT2D eigenvalue weighted by Crippen LogP contribution is 2.21. The lowest BCUT2D eigenvalue weighted by molar-refractivity contribution is 0.167. The standard InChI is InChI=1S/C8H5Cl3O2/c9-6-2-1-5(7(10)3-6)4-13-8(11)12/h1-3H,4H2. The van der Waals surface area contributed by atoms with Gasteiger partial charge < -0.3 is 4.74 Å². The van der Waals surface area contributed by atoms with Gasteiger partial charge in [0.15, 0.2) is 0 Å². The first kappa shape index (κ1) is 10.6. The third kappa shape index (κ3) is 3.43. The van der Waals surface area contributed by atoms with E-state index in [0.29, 0.717) is 15.6 Å². The smallest absolute Gasteiger partial charge is 0.404 e. The van der Waals surface area contributed by atoms with Crippen molar-refractivity contribution in [1.29, 1.82) is 0 Å². The van der Waals surface area contributed by atoms with Gasteiger partial charge in [0, 0.05) is 27.2 Å². The summed E-state index contributed by atoms with van der Waals surface area (Å²) in [5.74, 6) is 0. The molecule has 0 radical (unpaired) electrons. The SMILES string of the molecule is O=C(Cl)OCc1ccc(Cl)cc1Cl. The Morgan fingerprint density at radius 3 is 2.62 bits per heavy atom. The molecular formula is C8H5Cl3O2. The van der Waals surface area contributed by atoms with Gasteiger partial charge >= 0.3 is 5.43 Å². The molecule has 0 aliphatic heterocycles. The average Bonchev–Trinajstić information content (AvgIpc) is 2.02. The first-order chi connectivity index (χ1) is 6.09. The van der Waals surface area contributed by atoms with Crippen molar-refractivity contribution in [2.75, 3.05) is 0 Å². The van der Waals surface area contributed by atoms with Crippen molar-refractivity contribution >= 4 is 40.2 Å². The summed E-state index contributed by atoms with van der Waals surface area (Å²) in [7, 11) is 0. The van der Waals surface area contributed by atoms with Gasteiger partial charge in [-0.25, -0.2) is 4.79 Å². The Hall–Kier alpha value is -0.440. The molecule has 5 heteroatoms. The fourth-order valence-corrected chi connectivity index (χ4v) is 1.29. The Bertz CT molecular complexity index is 325. The minimum atomic E-state index is -0.856. The Morgan fingerprint density at radius 1 is 1.38 bits per heavy atom. The molecule has 2 nitrogen and oxygen atoms in total. The number of hydrogen-bond donors (Lipinski definition) is 0. The second-order valence-corrected chi connectivity index (χ2v) is 3.41. The normalized spacial score (nSPS) is 9.77. The number of rotatable bonds is 2. The second kappa shape index (κ2) is 4.70. The van der Waals surface area contributed by atoms with E-state index in [2.05, 4.69) is 4.74 Å². The van der Waals surface area contributed by atoms with E-state index < -0.39 is 5.43 Å². The third-order valence-electron chi connectivity index (χ3n) is 1.36. The van der Waals surface area contributed by atoms with Crippen LogP contribution in [0.25, 0.3) is 0 Å². The van der Waals surface area contributed by atoms with Crippen LogP contribution in [0.2, 0.25) is 10.0 Å². The summed E-state index contributed by atoms with van der Waals surface area (Å²) in [5.41, 5.74) is -0.189. The molecule has 0 atom stereocenters. The maximum Gasteiger partial charge on any atom is 0.404 e. The highest BCUT2D eigenvalue weighted by molar-refractivity contribution is 6.61. The van der Waals surface area contributed by atoms with E-state index in [1.165, 1.54) is 0 Å². The summed E-state index contributed by atoms with van der Waals surface area (Å²) >= 11 is 16.4. The van der Waals surface area contributed by atoms with Crippen molar-refractivity contribution in [3.05, 3.63) is 33.8 Å². The molecule has 0 aliphatic carbocycles. The molecule has 1 aromatic carbocycles. The first-order valence-corrected chi connectivity index (χ1v) is 4.49. The average molecular weight is 239 g/mol. The zero-order valence-corrected chi connectivity index (χ0v) is 8.66. The van der Waals surface area contributed by atoms with Crippen molar-refractivity contribution < 1.29 is 9.53 Å². The van der Waals surface area contributed by atoms with E-state index in [1.54, 1.807) is 18.2 Å². The maximum atomic E-state index is 10.3. The number of carbonyl (C=O) groups is 1. The van der Waals surface area contributed by atoms with E-state index in [1.807, 2.05) is 0 Å². The molecule has 0 fully saturated rings. The summed E-state index contributed by atoms with van der Waals surface area (Å²) in [4.78, 5) is 10.3. The van der Waals surface area contributed by atoms with Crippen LogP contribution in [-0.4, -0.2) is 5.43 Å². The monoisotopic (exact) mass is 238 g/mol. The molecule has 13 heavy (non-hydrogen) atoms. The Labute approximate surface area is 90.3 Å². The van der Waals surface area contributed by atoms with Gasteiger partial charge in [-0.05, 0) is 12.1 Å². The van der Waals surface area contributed by atoms with Gasteiger partial charge in [0.1, 0.15) is 6.61 Å². The van der Waals surface area contributed by atoms with Crippen LogP contribution in [0.3, 0.4) is 0 Å². The number of ether oxygens (including phenoxy) is 1. The molecule has 0 saturated carbocycles. The second-order valence-electron chi connectivity index (χ2n) is 2.26. The van der Waals surface area contributed by atoms with Gasteiger partial charge in [0.25, 0.3) is 0 Å². The quantitative estimate of drug-likeness (QED) is 0.732. The lowest BCUT2D eigenvalue weighted by Crippen LogP contribution is -1.95. The van der Waals surface area contributed by atoms with E-state index in [9.17, 15) is 4.79 Å². The largest absolute Gasteiger partial charge is 0.449 e. The van der Waals surface area contributed by atoms with Gasteiger partial charge in [0.2, 0.25) is 0 Å². The lowest BCUT2D eigenvalue weighted by Gasteiger charge is -2.03. The van der Waals surface area contributed by atoms with Crippen molar-refractivity contribution in [2.24, 2.45) is 0 Å². The molecule has 0 heterocycles. The Kier molecular flexibility index (Phi) is 3.85.